The number of anilines is 2. The van der Waals surface area contributed by atoms with Crippen LogP contribution in [-0.4, -0.2) is 112 Å². The van der Waals surface area contributed by atoms with Gasteiger partial charge in [0.05, 0.1) is 50.9 Å². The van der Waals surface area contributed by atoms with Gasteiger partial charge in [-0.25, -0.2) is 19.0 Å². The summed E-state index contributed by atoms with van der Waals surface area (Å²) in [6, 6.07) is 54.6. The second-order valence-electron chi connectivity index (χ2n) is 26.3. The van der Waals surface area contributed by atoms with Crippen molar-refractivity contribution in [3.05, 3.63) is 211 Å². The van der Waals surface area contributed by atoms with Gasteiger partial charge in [0.2, 0.25) is 0 Å². The van der Waals surface area contributed by atoms with Crippen molar-refractivity contribution in [1.29, 1.82) is 0 Å². The van der Waals surface area contributed by atoms with Crippen LogP contribution in [0.1, 0.15) is 101 Å². The minimum absolute atomic E-state index is 0.00812. The fourth-order valence-electron chi connectivity index (χ4n) is 10.3. The Morgan fingerprint density at radius 3 is 1.22 bits per heavy atom. The van der Waals surface area contributed by atoms with Gasteiger partial charge < -0.3 is 34.1 Å². The number of ether oxygens (including phenoxy) is 2. The first-order chi connectivity index (χ1) is 45.0. The minimum Gasteiger partial charge on any atom is -0.410 e. The molecule has 6 heterocycles. The van der Waals surface area contributed by atoms with E-state index in [2.05, 4.69) is 157 Å². The number of hydrogen-bond donors (Lipinski definition) is 3. The quantitative estimate of drug-likeness (QED) is 0.0317. The van der Waals surface area contributed by atoms with E-state index in [-0.39, 0.29) is 70.9 Å². The van der Waals surface area contributed by atoms with Crippen LogP contribution in [0.15, 0.2) is 189 Å². The standard InChI is InChI=1S/C25H33IN4O3Si.C25H34N4O4Si.C19H18IO3P.CH3F/c1-16-20(14-26)32-22(21(16)33-34(5,6)25(2,3)4)18-12-13-19-23(27-15-28-30(18)19)29-24(31)17-10-8-7-9-11-17;1-16-20(14-30)32-22(21(16)33-34(5,6)25(2,3)4)18-12-13-19-23(26-15-27-29(18)19)28-24(31)17-10-8-7-9-11-17;1-24(20,21-17-11-5-2-6-12-17,22-18-13-7-3-8-14-18)23-19-15-9-4-10-16-19;1-2/h7-13,15-16,20-22H,14H2,1-6H3,(H,27,28,29,31);7-13,15-16,20-22,30H,14H2,1-6H3,(H,26,27,28,31);2-16H,1H3;1H3/t2*16-,20-,21-,22+;;/m11../s1/i;;;1D. The SMILES string of the molecule is CP(I)(Oc1ccccc1)(Oc1ccccc1)Oc1ccccc1.C[C@H]1[C@@H](O[Si](C)(C)C(C)(C)C)[C@H](c2ccc3c(NC(=O)c4ccccc4)ncnn23)O[C@@H]1CI.C[C@H]1[C@@H](O[Si](C)(C)C(C)(C)C)[C@H](c2ccc3c(NC(=O)c4ccccc4)ncnn23)O[C@@H]1CO.[2H]CF. The van der Waals surface area contributed by atoms with Crippen LogP contribution in [0.4, 0.5) is 16.0 Å². The van der Waals surface area contributed by atoms with Gasteiger partial charge in [-0.2, -0.15) is 10.2 Å². The molecule has 0 unspecified atom stereocenters. The number of nitrogens with one attached hydrogen (secondary N) is 2. The van der Waals surface area contributed by atoms with Crippen LogP contribution >= 0.6 is 49.6 Å². The maximum absolute atomic E-state index is 12.7. The molecule has 4 aromatic heterocycles. The number of nitrogens with zero attached hydrogens (tertiary/aromatic N) is 6. The molecule has 11 rings (SSSR count). The fourth-order valence-corrected chi connectivity index (χ4v) is 17.9. The van der Waals surface area contributed by atoms with Crippen molar-refractivity contribution in [2.75, 3.05) is 35.5 Å². The van der Waals surface area contributed by atoms with E-state index in [1.165, 1.54) is 12.7 Å². The summed E-state index contributed by atoms with van der Waals surface area (Å²) in [5, 5.41) is 24.8. The predicted molar refractivity (Wildman–Crippen MR) is 394 cm³/mol. The van der Waals surface area contributed by atoms with Gasteiger partial charge in [0, 0.05) is 27.4 Å². The van der Waals surface area contributed by atoms with Crippen molar-refractivity contribution in [2.45, 2.75) is 128 Å². The first kappa shape index (κ1) is 72.0. The molecule has 0 spiro atoms. The molecule has 94 heavy (non-hydrogen) atoms. The maximum atomic E-state index is 12.7. The van der Waals surface area contributed by atoms with E-state index < -0.39 is 34.8 Å². The number of carbonyl (C=O) groups excluding carboxylic acids is 2. The Morgan fingerprint density at radius 1 is 0.585 bits per heavy atom. The van der Waals surface area contributed by atoms with Crippen molar-refractivity contribution in [2.24, 2.45) is 11.8 Å². The summed E-state index contributed by atoms with van der Waals surface area (Å²) in [5.41, 5.74) is 4.23. The number of aliphatic hydroxyl groups excluding tert-OH is 1. The zero-order chi connectivity index (χ0) is 69.0. The molecule has 2 aliphatic rings. The van der Waals surface area contributed by atoms with E-state index in [9.17, 15) is 19.1 Å². The van der Waals surface area contributed by atoms with Crippen LogP contribution in [0, 0.1) is 11.8 Å². The Bertz CT molecular complexity index is 3650. The maximum Gasteiger partial charge on any atom is 0.256 e. The van der Waals surface area contributed by atoms with Crippen molar-refractivity contribution in [3.63, 3.8) is 0 Å². The fraction of sp³-hybridized carbons (Fsp3) is 0.371. The van der Waals surface area contributed by atoms with E-state index in [1.807, 2.05) is 163 Å². The summed E-state index contributed by atoms with van der Waals surface area (Å²) in [4.78, 5) is 30.6. The number of para-hydroxylation sites is 3. The number of rotatable bonds is 18. The molecule has 18 nitrogen and oxygen atoms in total. The summed E-state index contributed by atoms with van der Waals surface area (Å²) < 4.78 is 65.4. The molecule has 8 atom stereocenters. The molecule has 0 bridgehead atoms. The van der Waals surface area contributed by atoms with Crippen LogP contribution < -0.4 is 24.2 Å². The van der Waals surface area contributed by atoms with E-state index in [0.717, 1.165) is 21.3 Å². The Balaban J connectivity index is 0.000000181. The van der Waals surface area contributed by atoms with Gasteiger partial charge in [-0.05, 0) is 84.8 Å². The topological polar surface area (TPSA) is 203 Å². The number of aromatic nitrogens is 6. The molecule has 9 aromatic rings. The molecule has 0 aliphatic carbocycles. The summed E-state index contributed by atoms with van der Waals surface area (Å²) >= 11 is 4.57. The van der Waals surface area contributed by atoms with E-state index in [0.29, 0.717) is 45.5 Å². The third kappa shape index (κ3) is 17.8. The molecule has 5 aromatic carbocycles. The second kappa shape index (κ2) is 31.3. The van der Waals surface area contributed by atoms with E-state index in [4.69, 9.17) is 33.3 Å². The molecule has 502 valence electrons. The number of hydrogen-bond acceptors (Lipinski definition) is 14. The first-order valence-corrected chi connectivity index (χ1v) is 43.6. The molecule has 3 N–H and O–H groups in total. The van der Waals surface area contributed by atoms with Gasteiger partial charge in [0.25, 0.3) is 11.8 Å². The van der Waals surface area contributed by atoms with Gasteiger partial charge >= 0.3 is 155 Å². The van der Waals surface area contributed by atoms with Gasteiger partial charge in [0.1, 0.15) is 35.9 Å². The summed E-state index contributed by atoms with van der Waals surface area (Å²) in [6.45, 7) is 28.5. The third-order valence-corrected chi connectivity index (χ3v) is 30.9. The number of amides is 2. The average molecular weight is 1560 g/mol. The molecule has 2 fully saturated rings. The number of alkyl halides is 2. The van der Waals surface area contributed by atoms with Crippen molar-refractivity contribution < 1.29 is 52.4 Å². The molecule has 2 saturated heterocycles. The Hall–Kier alpha value is -6.27. The van der Waals surface area contributed by atoms with E-state index >= 15 is 0 Å². The van der Waals surface area contributed by atoms with Crippen molar-refractivity contribution in [3.8, 4) is 17.2 Å². The van der Waals surface area contributed by atoms with E-state index in [1.54, 1.807) is 28.8 Å². The number of carbonyl (C=O) groups is 2. The average Bonchev–Trinajstić information content (AvgIpc) is 1.70. The third-order valence-electron chi connectivity index (χ3n) is 17.5. The predicted octanol–water partition coefficient (Wildman–Crippen LogP) is 17.4. The number of aliphatic hydroxyl groups is 1. The number of fused-ring (bicyclic) bond motifs is 2. The van der Waals surface area contributed by atoms with Gasteiger partial charge in [-0.3, -0.25) is 14.0 Å². The smallest absolute Gasteiger partial charge is 0.256 e. The zero-order valence-electron chi connectivity index (χ0n) is 56.5. The summed E-state index contributed by atoms with van der Waals surface area (Å²) in [7, 11) is -5.13. The number of halogens is 3. The molecule has 24 heteroatoms. The van der Waals surface area contributed by atoms with Gasteiger partial charge in [-0.15, -0.1) is 0 Å². The van der Waals surface area contributed by atoms with Crippen LogP contribution in [0.25, 0.3) is 11.0 Å². The first-order valence-electron chi connectivity index (χ1n) is 31.8. The van der Waals surface area contributed by atoms with Crippen LogP contribution in [0.2, 0.25) is 36.3 Å². The Kier molecular flexibility index (Phi) is 24.0. The Labute approximate surface area is 581 Å². The second-order valence-corrected chi connectivity index (χ2v) is 45.9. The van der Waals surface area contributed by atoms with Crippen LogP contribution in [-0.2, 0) is 18.3 Å². The molecule has 2 aliphatic heterocycles. The largest absolute Gasteiger partial charge is 0.410 e. The minimum atomic E-state index is -3.49. The molecular formula is C70H88FI2N8O10PSi2. The van der Waals surface area contributed by atoms with Crippen LogP contribution in [0.5, 0.6) is 17.2 Å². The number of benzene rings is 5. The molecule has 0 radical (unpaired) electrons. The Morgan fingerprint density at radius 2 is 0.904 bits per heavy atom. The normalized spacial score (nSPS) is 20.4. The van der Waals surface area contributed by atoms with Crippen molar-refractivity contribution >= 4 is 101 Å². The molecular weight excluding hydrogens is 1470 g/mol. The summed E-state index contributed by atoms with van der Waals surface area (Å²) in [5.74, 6) is 2.81. The van der Waals surface area contributed by atoms with Crippen molar-refractivity contribution in [1.82, 2.24) is 29.2 Å². The monoisotopic (exact) mass is 1560 g/mol. The molecule has 0 saturated carbocycles. The van der Waals surface area contributed by atoms with Gasteiger partial charge in [-0.1, -0.05) is 114 Å². The van der Waals surface area contributed by atoms with Gasteiger partial charge in [0.15, 0.2) is 28.3 Å². The zero-order valence-corrected chi connectivity index (χ0v) is 62.7. The summed E-state index contributed by atoms with van der Waals surface area (Å²) in [6.07, 6.45) is 1.70. The van der Waals surface area contributed by atoms with Crippen LogP contribution in [0.3, 0.4) is 0 Å². The molecule has 2 amide bonds.